The van der Waals surface area contributed by atoms with Gasteiger partial charge in [-0.25, -0.2) is 9.97 Å². The molecule has 2 unspecified atom stereocenters. The van der Waals surface area contributed by atoms with Gasteiger partial charge in [0.25, 0.3) is 0 Å². The Kier molecular flexibility index (Phi) is 5.60. The van der Waals surface area contributed by atoms with Crippen LogP contribution in [0.15, 0.2) is 128 Å². The minimum atomic E-state index is 0.190. The fourth-order valence-corrected chi connectivity index (χ4v) is 5.60. The number of pyridine rings is 3. The van der Waals surface area contributed by atoms with Crippen molar-refractivity contribution in [3.05, 3.63) is 138 Å². The SMILES string of the molecule is Clc1cccc(-c2cc(-c3cccc(N4c5ncccc5C5C=CC=CC54)c3)nc(-c3ccccn3)c2)c1. The van der Waals surface area contributed by atoms with Gasteiger partial charge < -0.3 is 4.90 Å². The molecule has 0 saturated carbocycles. The van der Waals surface area contributed by atoms with Crippen molar-refractivity contribution in [3.63, 3.8) is 0 Å². The first-order valence-electron chi connectivity index (χ1n) is 12.6. The molecule has 1 aliphatic carbocycles. The molecule has 182 valence electrons. The topological polar surface area (TPSA) is 41.9 Å². The number of fused-ring (bicyclic) bond motifs is 3. The molecule has 0 N–H and O–H groups in total. The van der Waals surface area contributed by atoms with Crippen molar-refractivity contribution in [1.29, 1.82) is 0 Å². The molecule has 1 aliphatic heterocycles. The van der Waals surface area contributed by atoms with Gasteiger partial charge in [0, 0.05) is 40.1 Å². The average molecular weight is 511 g/mol. The minimum Gasteiger partial charge on any atom is -0.318 e. The van der Waals surface area contributed by atoms with Gasteiger partial charge in [-0.05, 0) is 65.7 Å². The molecular formula is C33H23ClN4. The standard InChI is InChI=1S/C33H23ClN4/c34-25-10-5-8-22(18-25)24-20-30(37-31(21-24)29-14-3-4-16-35-29)23-9-6-11-26(19-23)38-32-15-2-1-12-27(32)28-13-7-17-36-33(28)38/h1-21,27,32H. The smallest absolute Gasteiger partial charge is 0.137 e. The third-order valence-corrected chi connectivity index (χ3v) is 7.37. The van der Waals surface area contributed by atoms with Crippen molar-refractivity contribution in [2.24, 2.45) is 0 Å². The quantitative estimate of drug-likeness (QED) is 0.244. The maximum absolute atomic E-state index is 6.35. The Morgan fingerprint density at radius 2 is 1.47 bits per heavy atom. The second-order valence-corrected chi connectivity index (χ2v) is 9.91. The van der Waals surface area contributed by atoms with Crippen LogP contribution < -0.4 is 4.90 Å². The molecule has 5 heteroatoms. The van der Waals surface area contributed by atoms with Gasteiger partial charge in [0.1, 0.15) is 5.82 Å². The summed E-state index contributed by atoms with van der Waals surface area (Å²) < 4.78 is 0. The van der Waals surface area contributed by atoms with E-state index in [-0.39, 0.29) is 12.0 Å². The third kappa shape index (κ3) is 4.00. The number of benzene rings is 2. The predicted octanol–water partition coefficient (Wildman–Crippen LogP) is 8.26. The first-order valence-corrected chi connectivity index (χ1v) is 13.0. The zero-order valence-electron chi connectivity index (χ0n) is 20.4. The van der Waals surface area contributed by atoms with E-state index in [9.17, 15) is 0 Å². The van der Waals surface area contributed by atoms with Gasteiger partial charge in [0.05, 0.1) is 23.1 Å². The first kappa shape index (κ1) is 22.6. The van der Waals surface area contributed by atoms with E-state index < -0.39 is 0 Å². The van der Waals surface area contributed by atoms with Gasteiger partial charge in [-0.1, -0.05) is 72.3 Å². The van der Waals surface area contributed by atoms with Gasteiger partial charge in [0.15, 0.2) is 0 Å². The minimum absolute atomic E-state index is 0.190. The Morgan fingerprint density at radius 1 is 0.632 bits per heavy atom. The maximum Gasteiger partial charge on any atom is 0.137 e. The molecule has 0 radical (unpaired) electrons. The van der Waals surface area contributed by atoms with Crippen LogP contribution in [0.2, 0.25) is 5.02 Å². The molecule has 0 spiro atoms. The van der Waals surface area contributed by atoms with E-state index in [1.54, 1.807) is 6.20 Å². The van der Waals surface area contributed by atoms with Crippen LogP contribution in [0, 0.1) is 0 Å². The van der Waals surface area contributed by atoms with Crippen LogP contribution in [0.1, 0.15) is 11.5 Å². The number of aromatic nitrogens is 3. The van der Waals surface area contributed by atoms with Crippen LogP contribution in [0.25, 0.3) is 33.8 Å². The Hall–Kier alpha value is -4.54. The number of anilines is 2. The number of halogens is 1. The second kappa shape index (κ2) is 9.40. The molecule has 2 aliphatic rings. The van der Waals surface area contributed by atoms with Crippen LogP contribution >= 0.6 is 11.6 Å². The molecule has 7 rings (SSSR count). The van der Waals surface area contributed by atoms with Crippen molar-refractivity contribution >= 4 is 23.1 Å². The van der Waals surface area contributed by atoms with E-state index in [1.165, 1.54) is 5.56 Å². The molecule has 0 saturated heterocycles. The summed E-state index contributed by atoms with van der Waals surface area (Å²) in [5.41, 5.74) is 7.96. The summed E-state index contributed by atoms with van der Waals surface area (Å²) in [4.78, 5) is 16.7. The van der Waals surface area contributed by atoms with Crippen LogP contribution in [-0.2, 0) is 0 Å². The van der Waals surface area contributed by atoms with Crippen molar-refractivity contribution < 1.29 is 0 Å². The zero-order chi connectivity index (χ0) is 25.5. The van der Waals surface area contributed by atoms with Crippen molar-refractivity contribution in [1.82, 2.24) is 15.0 Å². The van der Waals surface area contributed by atoms with E-state index in [0.717, 1.165) is 45.3 Å². The van der Waals surface area contributed by atoms with Gasteiger partial charge in [-0.2, -0.15) is 0 Å². The van der Waals surface area contributed by atoms with E-state index >= 15 is 0 Å². The molecule has 3 aromatic heterocycles. The molecule has 2 aromatic carbocycles. The highest BCUT2D eigenvalue weighted by Gasteiger charge is 2.38. The summed E-state index contributed by atoms with van der Waals surface area (Å²) in [7, 11) is 0. The highest BCUT2D eigenvalue weighted by atomic mass is 35.5. The Labute approximate surface area is 226 Å². The van der Waals surface area contributed by atoms with Crippen LogP contribution in [0.3, 0.4) is 0 Å². The van der Waals surface area contributed by atoms with Crippen LogP contribution in [-0.4, -0.2) is 21.0 Å². The number of hydrogen-bond acceptors (Lipinski definition) is 4. The largest absolute Gasteiger partial charge is 0.318 e. The molecule has 0 fully saturated rings. The number of hydrogen-bond donors (Lipinski definition) is 0. The van der Waals surface area contributed by atoms with E-state index in [4.69, 9.17) is 21.6 Å². The van der Waals surface area contributed by atoms with Crippen molar-refractivity contribution in [2.75, 3.05) is 4.90 Å². The summed E-state index contributed by atoms with van der Waals surface area (Å²) in [6, 6.07) is 31.0. The Bertz CT molecular complexity index is 1710. The molecule has 2 atom stereocenters. The lowest BCUT2D eigenvalue weighted by Gasteiger charge is -2.28. The zero-order valence-corrected chi connectivity index (χ0v) is 21.2. The highest BCUT2D eigenvalue weighted by molar-refractivity contribution is 6.30. The van der Waals surface area contributed by atoms with Crippen molar-refractivity contribution in [2.45, 2.75) is 12.0 Å². The summed E-state index contributed by atoms with van der Waals surface area (Å²) in [5, 5.41) is 0.701. The summed E-state index contributed by atoms with van der Waals surface area (Å²) in [6.45, 7) is 0. The van der Waals surface area contributed by atoms with E-state index in [2.05, 4.69) is 82.7 Å². The highest BCUT2D eigenvalue weighted by Crippen LogP contribution is 2.46. The molecule has 4 nitrogen and oxygen atoms in total. The monoisotopic (exact) mass is 510 g/mol. The summed E-state index contributed by atoms with van der Waals surface area (Å²) in [6.07, 6.45) is 12.4. The number of nitrogens with zero attached hydrogens (tertiary/aromatic N) is 4. The van der Waals surface area contributed by atoms with Gasteiger partial charge in [-0.3, -0.25) is 4.98 Å². The Morgan fingerprint density at radius 3 is 2.37 bits per heavy atom. The van der Waals surface area contributed by atoms with Crippen molar-refractivity contribution in [3.8, 4) is 33.8 Å². The molecule has 5 aromatic rings. The average Bonchev–Trinajstić information content (AvgIpc) is 3.32. The third-order valence-electron chi connectivity index (χ3n) is 7.14. The lowest BCUT2D eigenvalue weighted by atomic mass is 9.92. The summed E-state index contributed by atoms with van der Waals surface area (Å²) >= 11 is 6.35. The van der Waals surface area contributed by atoms with Crippen LogP contribution in [0.5, 0.6) is 0 Å². The predicted molar refractivity (Wildman–Crippen MR) is 155 cm³/mol. The van der Waals surface area contributed by atoms with Gasteiger partial charge in [0.2, 0.25) is 0 Å². The van der Waals surface area contributed by atoms with Gasteiger partial charge >= 0.3 is 0 Å². The van der Waals surface area contributed by atoms with Crippen LogP contribution in [0.4, 0.5) is 11.5 Å². The molecular weight excluding hydrogens is 488 g/mol. The normalized spacial score (nSPS) is 17.3. The lowest BCUT2D eigenvalue weighted by molar-refractivity contribution is 0.743. The summed E-state index contributed by atoms with van der Waals surface area (Å²) in [5.74, 6) is 1.29. The Balaban J connectivity index is 1.36. The first-order chi connectivity index (χ1) is 18.7. The molecule has 0 bridgehead atoms. The number of rotatable bonds is 4. The molecule has 4 heterocycles. The molecule has 38 heavy (non-hydrogen) atoms. The van der Waals surface area contributed by atoms with Gasteiger partial charge in [-0.15, -0.1) is 0 Å². The fraction of sp³-hybridized carbons (Fsp3) is 0.0606. The number of allylic oxidation sites excluding steroid dienone is 2. The lowest BCUT2D eigenvalue weighted by Crippen LogP contribution is -2.28. The second-order valence-electron chi connectivity index (χ2n) is 9.47. The molecule has 0 amide bonds. The maximum atomic E-state index is 6.35. The van der Waals surface area contributed by atoms with E-state index in [0.29, 0.717) is 5.02 Å². The fourth-order valence-electron chi connectivity index (χ4n) is 5.41. The van der Waals surface area contributed by atoms with E-state index in [1.807, 2.05) is 48.7 Å².